The first-order chi connectivity index (χ1) is 6.88. The number of benzene rings is 1. The van der Waals surface area contributed by atoms with Crippen molar-refractivity contribution in [2.45, 2.75) is 5.92 Å². The standard InChI is InChI=1S/C12H14ClO/c1-14-10-12(8-5-9-13)11-6-3-2-4-7-11/h2-8,10,12H,9H2,1H3/q+1/b8-5+. The molecule has 0 radical (unpaired) electrons. The van der Waals surface area contributed by atoms with Crippen LogP contribution >= 0.6 is 11.6 Å². The van der Waals surface area contributed by atoms with Gasteiger partial charge in [0, 0.05) is 11.4 Å². The fourth-order valence-corrected chi connectivity index (χ4v) is 1.36. The Morgan fingerprint density at radius 3 is 2.71 bits per heavy atom. The lowest BCUT2D eigenvalue weighted by Crippen LogP contribution is -1.97. The number of halogens is 1. The van der Waals surface area contributed by atoms with E-state index in [1.165, 1.54) is 5.56 Å². The monoisotopic (exact) mass is 209 g/mol. The van der Waals surface area contributed by atoms with E-state index in [4.69, 9.17) is 16.3 Å². The molecule has 0 bridgehead atoms. The quantitative estimate of drug-likeness (QED) is 0.411. The Balaban J connectivity index is 2.72. The number of hydrogen-bond donors (Lipinski definition) is 0. The molecule has 0 spiro atoms. The predicted molar refractivity (Wildman–Crippen MR) is 60.4 cm³/mol. The molecule has 14 heavy (non-hydrogen) atoms. The van der Waals surface area contributed by atoms with E-state index in [-0.39, 0.29) is 5.92 Å². The molecule has 0 heterocycles. The summed E-state index contributed by atoms with van der Waals surface area (Å²) in [4.78, 5) is 0. The maximum absolute atomic E-state index is 5.59. The van der Waals surface area contributed by atoms with Gasteiger partial charge in [-0.25, -0.2) is 0 Å². The first-order valence-electron chi connectivity index (χ1n) is 4.52. The SMILES string of the molecule is CO[CH+]C(/C=C/CCl)c1ccccc1. The van der Waals surface area contributed by atoms with Crippen molar-refractivity contribution in [1.82, 2.24) is 0 Å². The molecule has 0 aliphatic carbocycles. The van der Waals surface area contributed by atoms with Gasteiger partial charge >= 0.3 is 0 Å². The number of hydrogen-bond acceptors (Lipinski definition) is 1. The van der Waals surface area contributed by atoms with E-state index in [0.717, 1.165) is 0 Å². The normalized spacial score (nSPS) is 13.0. The lowest BCUT2D eigenvalue weighted by atomic mass is 10.00. The molecule has 1 atom stereocenters. The Kier molecular flexibility index (Phi) is 5.20. The topological polar surface area (TPSA) is 9.23 Å². The third-order valence-electron chi connectivity index (χ3n) is 1.90. The Labute approximate surface area is 90.3 Å². The molecule has 1 aromatic rings. The molecule has 0 aromatic heterocycles. The Hall–Kier alpha value is -0.920. The minimum atomic E-state index is 0.181. The molecule has 0 aliphatic heterocycles. The van der Waals surface area contributed by atoms with Gasteiger partial charge in [-0.05, 0) is 6.08 Å². The van der Waals surface area contributed by atoms with Gasteiger partial charge in [-0.3, -0.25) is 0 Å². The molecule has 0 saturated carbocycles. The second-order valence-electron chi connectivity index (χ2n) is 2.89. The summed E-state index contributed by atoms with van der Waals surface area (Å²) in [6.45, 7) is 1.79. The van der Waals surface area contributed by atoms with Crippen LogP contribution in [0.15, 0.2) is 42.5 Å². The van der Waals surface area contributed by atoms with Crippen molar-refractivity contribution in [2.75, 3.05) is 13.0 Å². The van der Waals surface area contributed by atoms with Crippen molar-refractivity contribution in [3.05, 3.63) is 54.7 Å². The van der Waals surface area contributed by atoms with E-state index in [0.29, 0.717) is 5.88 Å². The fourth-order valence-electron chi connectivity index (χ4n) is 1.25. The molecule has 0 aliphatic rings. The molecular weight excluding hydrogens is 196 g/mol. The average Bonchev–Trinajstić information content (AvgIpc) is 2.25. The van der Waals surface area contributed by atoms with Crippen LogP contribution in [0.1, 0.15) is 11.5 Å². The van der Waals surface area contributed by atoms with Crippen LogP contribution in [-0.2, 0) is 4.74 Å². The summed E-state index contributed by atoms with van der Waals surface area (Å²) in [6.07, 6.45) is 3.96. The zero-order chi connectivity index (χ0) is 10.2. The van der Waals surface area contributed by atoms with Crippen LogP contribution in [0.2, 0.25) is 0 Å². The lowest BCUT2D eigenvalue weighted by Gasteiger charge is -2.02. The lowest BCUT2D eigenvalue weighted by molar-refractivity contribution is 0.262. The molecule has 0 amide bonds. The van der Waals surface area contributed by atoms with E-state index in [1.54, 1.807) is 13.7 Å². The van der Waals surface area contributed by atoms with Gasteiger partial charge in [-0.1, -0.05) is 36.4 Å². The van der Waals surface area contributed by atoms with Gasteiger partial charge in [0.2, 0.25) is 6.61 Å². The van der Waals surface area contributed by atoms with Crippen LogP contribution in [0.4, 0.5) is 0 Å². The van der Waals surface area contributed by atoms with Crippen LogP contribution in [0.25, 0.3) is 0 Å². The third kappa shape index (κ3) is 3.44. The number of alkyl halides is 1. The van der Waals surface area contributed by atoms with Gasteiger partial charge in [0.25, 0.3) is 0 Å². The molecule has 1 aromatic carbocycles. The number of allylic oxidation sites excluding steroid dienone is 1. The minimum absolute atomic E-state index is 0.181. The van der Waals surface area contributed by atoms with Crippen molar-refractivity contribution in [2.24, 2.45) is 0 Å². The molecule has 0 saturated heterocycles. The highest BCUT2D eigenvalue weighted by Gasteiger charge is 2.16. The van der Waals surface area contributed by atoms with Gasteiger partial charge in [0.15, 0.2) is 5.92 Å². The summed E-state index contributed by atoms with van der Waals surface area (Å²) in [7, 11) is 1.66. The highest BCUT2D eigenvalue weighted by atomic mass is 35.5. The second kappa shape index (κ2) is 6.52. The summed E-state index contributed by atoms with van der Waals surface area (Å²) in [5.74, 6) is 0.709. The zero-order valence-corrected chi connectivity index (χ0v) is 8.95. The molecule has 1 unspecified atom stereocenters. The van der Waals surface area contributed by atoms with E-state index in [2.05, 4.69) is 12.1 Å². The summed E-state index contributed by atoms with van der Waals surface area (Å²) in [5, 5.41) is 0. The van der Waals surface area contributed by atoms with Gasteiger partial charge in [-0.15, -0.1) is 11.6 Å². The Morgan fingerprint density at radius 1 is 1.43 bits per heavy atom. The van der Waals surface area contributed by atoms with E-state index < -0.39 is 0 Å². The molecule has 0 fully saturated rings. The maximum Gasteiger partial charge on any atom is 0.238 e. The van der Waals surface area contributed by atoms with Crippen molar-refractivity contribution in [3.63, 3.8) is 0 Å². The summed E-state index contributed by atoms with van der Waals surface area (Å²) in [6, 6.07) is 10.2. The summed E-state index contributed by atoms with van der Waals surface area (Å²) >= 11 is 5.59. The molecule has 0 N–H and O–H groups in total. The van der Waals surface area contributed by atoms with Gasteiger partial charge < -0.3 is 0 Å². The van der Waals surface area contributed by atoms with Crippen molar-refractivity contribution in [3.8, 4) is 0 Å². The molecule has 74 valence electrons. The van der Waals surface area contributed by atoms with Crippen LogP contribution in [0.3, 0.4) is 0 Å². The fraction of sp³-hybridized carbons (Fsp3) is 0.250. The highest BCUT2D eigenvalue weighted by Crippen LogP contribution is 2.20. The van der Waals surface area contributed by atoms with E-state index >= 15 is 0 Å². The zero-order valence-electron chi connectivity index (χ0n) is 8.19. The Bertz CT molecular complexity index is 269. The third-order valence-corrected chi connectivity index (χ3v) is 2.08. The molecule has 1 rings (SSSR count). The largest absolute Gasteiger partial charge is 0.238 e. The summed E-state index contributed by atoms with van der Waals surface area (Å²) in [5.41, 5.74) is 1.20. The first-order valence-corrected chi connectivity index (χ1v) is 5.05. The average molecular weight is 210 g/mol. The van der Waals surface area contributed by atoms with Gasteiger partial charge in [0.05, 0.1) is 7.11 Å². The van der Waals surface area contributed by atoms with Crippen LogP contribution in [0.5, 0.6) is 0 Å². The van der Waals surface area contributed by atoms with Crippen molar-refractivity contribution < 1.29 is 4.74 Å². The molecule has 1 nitrogen and oxygen atoms in total. The summed E-state index contributed by atoms with van der Waals surface area (Å²) < 4.78 is 5.04. The first kappa shape index (κ1) is 11.2. The highest BCUT2D eigenvalue weighted by molar-refractivity contribution is 6.18. The van der Waals surface area contributed by atoms with Crippen LogP contribution in [0, 0.1) is 6.61 Å². The molecular formula is C12H14ClO+. The maximum atomic E-state index is 5.59. The van der Waals surface area contributed by atoms with E-state index in [9.17, 15) is 0 Å². The molecule has 2 heteroatoms. The van der Waals surface area contributed by atoms with Crippen molar-refractivity contribution >= 4 is 11.6 Å². The number of methoxy groups -OCH3 is 1. The van der Waals surface area contributed by atoms with Crippen LogP contribution in [-0.4, -0.2) is 13.0 Å². The number of rotatable bonds is 5. The smallest absolute Gasteiger partial charge is 0.199 e. The van der Waals surface area contributed by atoms with Crippen LogP contribution < -0.4 is 0 Å². The van der Waals surface area contributed by atoms with Crippen molar-refractivity contribution in [1.29, 1.82) is 0 Å². The predicted octanol–water partition coefficient (Wildman–Crippen LogP) is 3.37. The van der Waals surface area contributed by atoms with E-state index in [1.807, 2.05) is 30.4 Å². The van der Waals surface area contributed by atoms with Gasteiger partial charge in [0.1, 0.15) is 0 Å². The second-order valence-corrected chi connectivity index (χ2v) is 3.20. The Morgan fingerprint density at radius 2 is 2.14 bits per heavy atom. The number of ether oxygens (including phenoxy) is 1. The van der Waals surface area contributed by atoms with Gasteiger partial charge in [-0.2, -0.15) is 4.74 Å². The minimum Gasteiger partial charge on any atom is -0.199 e.